The van der Waals surface area contributed by atoms with Crippen molar-refractivity contribution in [2.75, 3.05) is 6.61 Å². The van der Waals surface area contributed by atoms with Crippen molar-refractivity contribution in [1.82, 2.24) is 0 Å². The number of carbonyl (C=O) groups is 1. The SMILES string of the molecule is C[C@H](N)C(=O)OC[C@H]1O[C@@H](O)[C@H](O)[C@@H](O)[C@@H]1O. The van der Waals surface area contributed by atoms with Crippen LogP contribution >= 0.6 is 0 Å². The maximum absolute atomic E-state index is 11.1. The van der Waals surface area contributed by atoms with Crippen LogP contribution in [0.1, 0.15) is 6.92 Å². The molecule has 100 valence electrons. The van der Waals surface area contributed by atoms with E-state index in [0.29, 0.717) is 0 Å². The van der Waals surface area contributed by atoms with Gasteiger partial charge in [-0.2, -0.15) is 0 Å². The predicted octanol–water partition coefficient (Wildman–Crippen LogP) is -3.32. The molecule has 0 amide bonds. The third-order valence-corrected chi connectivity index (χ3v) is 2.45. The molecule has 0 bridgehead atoms. The Balaban J connectivity index is 2.51. The molecule has 1 fully saturated rings. The Morgan fingerprint density at radius 3 is 2.41 bits per heavy atom. The van der Waals surface area contributed by atoms with E-state index in [1.54, 1.807) is 0 Å². The Bertz CT molecular complexity index is 272. The molecule has 1 saturated heterocycles. The first kappa shape index (κ1) is 14.3. The Morgan fingerprint density at radius 2 is 1.88 bits per heavy atom. The van der Waals surface area contributed by atoms with Crippen LogP contribution < -0.4 is 5.73 Å². The van der Waals surface area contributed by atoms with E-state index in [2.05, 4.69) is 0 Å². The number of aliphatic hydroxyl groups is 4. The average Bonchev–Trinajstić information content (AvgIpc) is 2.28. The number of aliphatic hydroxyl groups excluding tert-OH is 4. The zero-order valence-electron chi connectivity index (χ0n) is 9.26. The van der Waals surface area contributed by atoms with Gasteiger partial charge < -0.3 is 35.6 Å². The monoisotopic (exact) mass is 251 g/mol. The second-order valence-electron chi connectivity index (χ2n) is 3.96. The molecule has 0 saturated carbocycles. The largest absolute Gasteiger partial charge is 0.462 e. The third kappa shape index (κ3) is 3.35. The number of hydrogen-bond acceptors (Lipinski definition) is 8. The molecule has 1 aliphatic rings. The Hall–Kier alpha value is -0.770. The van der Waals surface area contributed by atoms with E-state index < -0.39 is 42.7 Å². The maximum atomic E-state index is 11.1. The topological polar surface area (TPSA) is 142 Å². The lowest BCUT2D eigenvalue weighted by molar-refractivity contribution is -0.287. The van der Waals surface area contributed by atoms with E-state index in [9.17, 15) is 25.2 Å². The van der Waals surface area contributed by atoms with Gasteiger partial charge in [-0.3, -0.25) is 4.79 Å². The van der Waals surface area contributed by atoms with E-state index in [1.807, 2.05) is 0 Å². The Labute approximate surface area is 97.6 Å². The van der Waals surface area contributed by atoms with Gasteiger partial charge >= 0.3 is 5.97 Å². The molecule has 0 aromatic carbocycles. The summed E-state index contributed by atoms with van der Waals surface area (Å²) in [5.74, 6) is -0.698. The molecular formula is C9H17NO7. The number of nitrogens with two attached hydrogens (primary N) is 1. The van der Waals surface area contributed by atoms with Crippen molar-refractivity contribution in [3.8, 4) is 0 Å². The second kappa shape index (κ2) is 5.71. The first-order valence-electron chi connectivity index (χ1n) is 5.14. The minimum Gasteiger partial charge on any atom is -0.462 e. The molecule has 17 heavy (non-hydrogen) atoms. The fourth-order valence-electron chi connectivity index (χ4n) is 1.36. The fourth-order valence-corrected chi connectivity index (χ4v) is 1.36. The summed E-state index contributed by atoms with van der Waals surface area (Å²) in [6, 6.07) is -0.823. The molecule has 0 aromatic heterocycles. The molecule has 1 rings (SSSR count). The molecule has 0 spiro atoms. The van der Waals surface area contributed by atoms with Gasteiger partial charge in [-0.25, -0.2) is 0 Å². The first-order valence-corrected chi connectivity index (χ1v) is 5.14. The minimum absolute atomic E-state index is 0.373. The van der Waals surface area contributed by atoms with Crippen LogP contribution in [0.2, 0.25) is 0 Å². The minimum atomic E-state index is -1.65. The summed E-state index contributed by atoms with van der Waals surface area (Å²) in [5, 5.41) is 37.3. The van der Waals surface area contributed by atoms with Crippen molar-refractivity contribution in [3.63, 3.8) is 0 Å². The number of carbonyl (C=O) groups excluding carboxylic acids is 1. The summed E-state index contributed by atoms with van der Waals surface area (Å²) in [6.07, 6.45) is -7.41. The van der Waals surface area contributed by atoms with Gasteiger partial charge in [0.2, 0.25) is 0 Å². The second-order valence-corrected chi connectivity index (χ2v) is 3.96. The lowest BCUT2D eigenvalue weighted by Gasteiger charge is -2.37. The van der Waals surface area contributed by atoms with Gasteiger partial charge in [-0.1, -0.05) is 0 Å². The Morgan fingerprint density at radius 1 is 1.29 bits per heavy atom. The smallest absolute Gasteiger partial charge is 0.322 e. The standard InChI is InChI=1S/C9H17NO7/c1-3(10)8(14)16-2-4-5(11)6(12)7(13)9(15)17-4/h3-7,9,11-13,15H,2,10H2,1H3/t3-,4+,5+,6-,7+,9+/m0/s1. The lowest BCUT2D eigenvalue weighted by Crippen LogP contribution is -2.58. The molecule has 0 unspecified atom stereocenters. The van der Waals surface area contributed by atoms with Crippen LogP contribution in [-0.4, -0.2) is 69.8 Å². The van der Waals surface area contributed by atoms with Gasteiger partial charge in [0.25, 0.3) is 0 Å². The van der Waals surface area contributed by atoms with E-state index in [4.69, 9.17) is 15.2 Å². The van der Waals surface area contributed by atoms with E-state index in [1.165, 1.54) is 6.92 Å². The molecule has 0 aromatic rings. The molecule has 0 aliphatic carbocycles. The summed E-state index contributed by atoms with van der Waals surface area (Å²) < 4.78 is 9.48. The summed E-state index contributed by atoms with van der Waals surface area (Å²) in [4.78, 5) is 11.1. The first-order chi connectivity index (χ1) is 7.84. The summed E-state index contributed by atoms with van der Waals surface area (Å²) >= 11 is 0. The van der Waals surface area contributed by atoms with Crippen molar-refractivity contribution in [2.24, 2.45) is 5.73 Å². The zero-order valence-corrected chi connectivity index (χ0v) is 9.26. The number of ether oxygens (including phenoxy) is 2. The normalized spacial score (nSPS) is 39.8. The van der Waals surface area contributed by atoms with Gasteiger partial charge in [-0.05, 0) is 6.92 Å². The third-order valence-electron chi connectivity index (χ3n) is 2.45. The average molecular weight is 251 g/mol. The maximum Gasteiger partial charge on any atom is 0.322 e. The summed E-state index contributed by atoms with van der Waals surface area (Å²) in [7, 11) is 0. The zero-order chi connectivity index (χ0) is 13.2. The molecule has 1 heterocycles. The molecule has 8 heteroatoms. The quantitative estimate of drug-likeness (QED) is 0.328. The fraction of sp³-hybridized carbons (Fsp3) is 0.889. The van der Waals surface area contributed by atoms with E-state index in [-0.39, 0.29) is 6.61 Å². The van der Waals surface area contributed by atoms with Crippen LogP contribution in [-0.2, 0) is 14.3 Å². The molecule has 6 N–H and O–H groups in total. The highest BCUT2D eigenvalue weighted by atomic mass is 16.6. The van der Waals surface area contributed by atoms with E-state index >= 15 is 0 Å². The van der Waals surface area contributed by atoms with Crippen LogP contribution in [0.3, 0.4) is 0 Å². The number of hydrogen-bond donors (Lipinski definition) is 5. The van der Waals surface area contributed by atoms with Crippen molar-refractivity contribution >= 4 is 5.97 Å². The van der Waals surface area contributed by atoms with Crippen LogP contribution in [0.25, 0.3) is 0 Å². The van der Waals surface area contributed by atoms with Crippen LogP contribution in [0.15, 0.2) is 0 Å². The molecule has 8 nitrogen and oxygen atoms in total. The highest BCUT2D eigenvalue weighted by Crippen LogP contribution is 2.20. The van der Waals surface area contributed by atoms with Gasteiger partial charge in [0.15, 0.2) is 6.29 Å². The summed E-state index contributed by atoms with van der Waals surface area (Å²) in [6.45, 7) is 1.05. The molecule has 0 radical (unpaired) electrons. The van der Waals surface area contributed by atoms with Crippen LogP contribution in [0, 0.1) is 0 Å². The summed E-state index contributed by atoms with van der Waals surface area (Å²) in [5.41, 5.74) is 5.25. The molecular weight excluding hydrogens is 234 g/mol. The van der Waals surface area contributed by atoms with Crippen LogP contribution in [0.4, 0.5) is 0 Å². The van der Waals surface area contributed by atoms with Gasteiger partial charge in [0, 0.05) is 0 Å². The molecule has 6 atom stereocenters. The molecule has 1 aliphatic heterocycles. The van der Waals surface area contributed by atoms with Gasteiger partial charge in [0.1, 0.15) is 37.1 Å². The van der Waals surface area contributed by atoms with Gasteiger partial charge in [-0.15, -0.1) is 0 Å². The highest BCUT2D eigenvalue weighted by molar-refractivity contribution is 5.74. The van der Waals surface area contributed by atoms with E-state index in [0.717, 1.165) is 0 Å². The predicted molar refractivity (Wildman–Crippen MR) is 53.5 cm³/mol. The van der Waals surface area contributed by atoms with Crippen molar-refractivity contribution < 1.29 is 34.7 Å². The highest BCUT2D eigenvalue weighted by Gasteiger charge is 2.43. The van der Waals surface area contributed by atoms with Crippen molar-refractivity contribution in [2.45, 2.75) is 43.7 Å². The van der Waals surface area contributed by atoms with Gasteiger partial charge in [0.05, 0.1) is 0 Å². The van der Waals surface area contributed by atoms with Crippen LogP contribution in [0.5, 0.6) is 0 Å². The lowest BCUT2D eigenvalue weighted by atomic mass is 9.99. The Kier molecular flexibility index (Phi) is 4.80. The number of esters is 1. The number of rotatable bonds is 3. The van der Waals surface area contributed by atoms with Crippen molar-refractivity contribution in [3.05, 3.63) is 0 Å². The van der Waals surface area contributed by atoms with Crippen molar-refractivity contribution in [1.29, 1.82) is 0 Å².